The lowest BCUT2D eigenvalue weighted by molar-refractivity contribution is -0.113. The lowest BCUT2D eigenvalue weighted by Crippen LogP contribution is -2.13. The number of carbonyl (C=O) groups is 1. The summed E-state index contributed by atoms with van der Waals surface area (Å²) in [6.45, 7) is 0. The van der Waals surface area contributed by atoms with Crippen LogP contribution >= 0.6 is 23.1 Å². The maximum atomic E-state index is 11.9. The van der Waals surface area contributed by atoms with Crippen LogP contribution in [0, 0.1) is 0 Å². The Bertz CT molecular complexity index is 773. The average Bonchev–Trinajstić information content (AvgIpc) is 2.87. The van der Waals surface area contributed by atoms with Crippen LogP contribution in [0.4, 0.5) is 10.8 Å². The van der Waals surface area contributed by atoms with Gasteiger partial charge in [-0.15, -0.1) is 0 Å². The molecule has 1 amide bonds. The van der Waals surface area contributed by atoms with Gasteiger partial charge in [-0.3, -0.25) is 4.79 Å². The van der Waals surface area contributed by atoms with Crippen LogP contribution in [0.25, 0.3) is 10.2 Å². The van der Waals surface area contributed by atoms with E-state index in [4.69, 9.17) is 5.73 Å². The third-order valence-electron chi connectivity index (χ3n) is 2.65. The predicted octanol–water partition coefficient (Wildman–Crippen LogP) is 3.00. The van der Waals surface area contributed by atoms with Crippen LogP contribution in [0.15, 0.2) is 47.6 Å². The number of pyridine rings is 1. The Hall–Kier alpha value is -2.12. The number of rotatable bonds is 4. The van der Waals surface area contributed by atoms with Crippen molar-refractivity contribution in [1.29, 1.82) is 0 Å². The molecule has 0 spiro atoms. The number of anilines is 2. The molecule has 21 heavy (non-hydrogen) atoms. The fourth-order valence-corrected chi connectivity index (χ4v) is 3.31. The van der Waals surface area contributed by atoms with Crippen LogP contribution in [-0.4, -0.2) is 21.6 Å². The van der Waals surface area contributed by atoms with Crippen LogP contribution < -0.4 is 11.1 Å². The predicted molar refractivity (Wildman–Crippen MR) is 87.6 cm³/mol. The molecule has 0 saturated carbocycles. The zero-order valence-corrected chi connectivity index (χ0v) is 12.6. The smallest absolute Gasteiger partial charge is 0.236 e. The van der Waals surface area contributed by atoms with E-state index < -0.39 is 0 Å². The van der Waals surface area contributed by atoms with Gasteiger partial charge in [0.25, 0.3) is 0 Å². The van der Waals surface area contributed by atoms with Crippen molar-refractivity contribution in [2.24, 2.45) is 0 Å². The molecule has 0 radical (unpaired) electrons. The summed E-state index contributed by atoms with van der Waals surface area (Å²) in [5.74, 6) is 0.201. The number of nitrogens with two attached hydrogens (primary N) is 1. The minimum absolute atomic E-state index is 0.0994. The van der Waals surface area contributed by atoms with Gasteiger partial charge in [0.15, 0.2) is 5.13 Å². The largest absolute Gasteiger partial charge is 0.399 e. The van der Waals surface area contributed by atoms with Crippen LogP contribution in [0.1, 0.15) is 0 Å². The van der Waals surface area contributed by atoms with Crippen molar-refractivity contribution in [3.8, 4) is 0 Å². The first kappa shape index (κ1) is 13.8. The van der Waals surface area contributed by atoms with E-state index in [-0.39, 0.29) is 5.91 Å². The number of benzene rings is 1. The van der Waals surface area contributed by atoms with Gasteiger partial charge >= 0.3 is 0 Å². The summed E-state index contributed by atoms with van der Waals surface area (Å²) >= 11 is 2.80. The zero-order chi connectivity index (χ0) is 14.7. The molecule has 1 aromatic carbocycles. The molecule has 0 bridgehead atoms. The number of amides is 1. The van der Waals surface area contributed by atoms with Crippen molar-refractivity contribution in [2.75, 3.05) is 16.8 Å². The van der Waals surface area contributed by atoms with Gasteiger partial charge in [-0.25, -0.2) is 9.97 Å². The summed E-state index contributed by atoms with van der Waals surface area (Å²) in [5.41, 5.74) is 7.25. The van der Waals surface area contributed by atoms with Gasteiger partial charge < -0.3 is 11.1 Å². The molecule has 0 fully saturated rings. The minimum Gasteiger partial charge on any atom is -0.399 e. The number of aromatic nitrogens is 2. The number of thiazole rings is 1. The summed E-state index contributed by atoms with van der Waals surface area (Å²) < 4.78 is 0.961. The molecule has 2 aromatic heterocycles. The maximum absolute atomic E-state index is 11.9. The highest BCUT2D eigenvalue weighted by atomic mass is 32.2. The van der Waals surface area contributed by atoms with E-state index in [9.17, 15) is 4.79 Å². The second-order valence-electron chi connectivity index (χ2n) is 4.25. The molecule has 106 valence electrons. The first-order chi connectivity index (χ1) is 10.2. The Morgan fingerprint density at radius 1 is 1.33 bits per heavy atom. The minimum atomic E-state index is -0.0994. The van der Waals surface area contributed by atoms with Gasteiger partial charge in [0.1, 0.15) is 0 Å². The lowest BCUT2D eigenvalue weighted by atomic mass is 10.3. The summed E-state index contributed by atoms with van der Waals surface area (Å²) in [6, 6.07) is 11.1. The Morgan fingerprint density at radius 3 is 3.05 bits per heavy atom. The van der Waals surface area contributed by atoms with Gasteiger partial charge in [0, 0.05) is 11.9 Å². The molecule has 0 aliphatic rings. The Morgan fingerprint density at radius 2 is 2.24 bits per heavy atom. The molecular weight excluding hydrogens is 304 g/mol. The number of carbonyl (C=O) groups excluding carboxylic acids is 1. The van der Waals surface area contributed by atoms with Crippen molar-refractivity contribution in [3.63, 3.8) is 0 Å². The van der Waals surface area contributed by atoms with Crippen LogP contribution in [-0.2, 0) is 4.79 Å². The molecular formula is C14H12N4OS2. The zero-order valence-electron chi connectivity index (χ0n) is 10.9. The van der Waals surface area contributed by atoms with Gasteiger partial charge in [-0.1, -0.05) is 29.2 Å². The van der Waals surface area contributed by atoms with E-state index in [0.29, 0.717) is 16.6 Å². The summed E-state index contributed by atoms with van der Waals surface area (Å²) in [4.78, 5) is 20.4. The monoisotopic (exact) mass is 316 g/mol. The highest BCUT2D eigenvalue weighted by Gasteiger charge is 2.08. The number of nitrogen functional groups attached to an aromatic ring is 1. The number of fused-ring (bicyclic) bond motifs is 1. The molecule has 3 aromatic rings. The van der Waals surface area contributed by atoms with E-state index in [1.54, 1.807) is 12.3 Å². The average molecular weight is 316 g/mol. The van der Waals surface area contributed by atoms with E-state index in [2.05, 4.69) is 15.3 Å². The molecule has 3 rings (SSSR count). The highest BCUT2D eigenvalue weighted by molar-refractivity contribution is 7.99. The van der Waals surface area contributed by atoms with Crippen LogP contribution in [0.2, 0.25) is 0 Å². The number of thioether (sulfide) groups is 1. The van der Waals surface area contributed by atoms with E-state index in [1.807, 2.05) is 30.3 Å². The number of hydrogen-bond donors (Lipinski definition) is 2. The molecule has 0 aliphatic heterocycles. The van der Waals surface area contributed by atoms with Crippen molar-refractivity contribution < 1.29 is 4.79 Å². The number of nitrogens with zero attached hydrogens (tertiary/aromatic N) is 2. The molecule has 0 atom stereocenters. The van der Waals surface area contributed by atoms with E-state index in [1.165, 1.54) is 23.1 Å². The van der Waals surface area contributed by atoms with Crippen molar-refractivity contribution in [3.05, 3.63) is 42.6 Å². The van der Waals surface area contributed by atoms with Crippen molar-refractivity contribution in [1.82, 2.24) is 9.97 Å². The highest BCUT2D eigenvalue weighted by Crippen LogP contribution is 2.27. The maximum Gasteiger partial charge on any atom is 0.236 e. The van der Waals surface area contributed by atoms with Crippen molar-refractivity contribution in [2.45, 2.75) is 5.03 Å². The van der Waals surface area contributed by atoms with Crippen LogP contribution in [0.5, 0.6) is 0 Å². The van der Waals surface area contributed by atoms with Crippen LogP contribution in [0.3, 0.4) is 0 Å². The molecule has 0 aliphatic carbocycles. The Balaban J connectivity index is 1.63. The molecule has 2 heterocycles. The lowest BCUT2D eigenvalue weighted by Gasteiger charge is -2.00. The van der Waals surface area contributed by atoms with E-state index >= 15 is 0 Å². The Labute approximate surface area is 129 Å². The quantitative estimate of drug-likeness (QED) is 0.571. The van der Waals surface area contributed by atoms with Crippen molar-refractivity contribution >= 4 is 50.0 Å². The first-order valence-electron chi connectivity index (χ1n) is 6.20. The third kappa shape index (κ3) is 3.50. The van der Waals surface area contributed by atoms with Gasteiger partial charge in [0.05, 0.1) is 21.0 Å². The third-order valence-corrected chi connectivity index (χ3v) is 4.53. The molecule has 3 N–H and O–H groups in total. The normalized spacial score (nSPS) is 10.7. The summed E-state index contributed by atoms with van der Waals surface area (Å²) in [7, 11) is 0. The topological polar surface area (TPSA) is 80.9 Å². The summed E-state index contributed by atoms with van der Waals surface area (Å²) in [5, 5.41) is 4.21. The van der Waals surface area contributed by atoms with Gasteiger partial charge in [-0.05, 0) is 30.3 Å². The van der Waals surface area contributed by atoms with Gasteiger partial charge in [0.2, 0.25) is 5.91 Å². The fraction of sp³-hybridized carbons (Fsp3) is 0.0714. The standard InChI is InChI=1S/C14H12N4OS2/c15-9-4-5-10-11(7-9)21-14(17-10)18-12(19)8-20-13-3-1-2-6-16-13/h1-7H,8,15H2,(H,17,18,19). The molecule has 0 saturated heterocycles. The number of nitrogens with one attached hydrogen (secondary N) is 1. The van der Waals surface area contributed by atoms with Gasteiger partial charge in [-0.2, -0.15) is 0 Å². The first-order valence-corrected chi connectivity index (χ1v) is 8.01. The second kappa shape index (κ2) is 6.11. The fourth-order valence-electron chi connectivity index (χ4n) is 1.72. The van der Waals surface area contributed by atoms with E-state index in [0.717, 1.165) is 15.2 Å². The SMILES string of the molecule is Nc1ccc2nc(NC(=O)CSc3ccccn3)sc2c1. The molecule has 7 heteroatoms. The number of hydrogen-bond acceptors (Lipinski definition) is 6. The molecule has 5 nitrogen and oxygen atoms in total. The summed E-state index contributed by atoms with van der Waals surface area (Å²) in [6.07, 6.45) is 1.71. The molecule has 0 unspecified atom stereocenters. The second-order valence-corrected chi connectivity index (χ2v) is 6.28. The Kier molecular flexibility index (Phi) is 4.03.